The van der Waals surface area contributed by atoms with Crippen LogP contribution in [0, 0.1) is 11.8 Å². The minimum atomic E-state index is 0.790. The van der Waals surface area contributed by atoms with Crippen LogP contribution < -0.4 is 5.32 Å². The van der Waals surface area contributed by atoms with E-state index in [0.717, 1.165) is 24.4 Å². The lowest BCUT2D eigenvalue weighted by Gasteiger charge is -2.33. The SMILES string of the molecule is CCNC(CC)C1CCC(CC)CC1. The fourth-order valence-corrected chi connectivity index (χ4v) is 2.91. The molecule has 1 fully saturated rings. The van der Waals surface area contributed by atoms with Crippen LogP contribution in [0.4, 0.5) is 0 Å². The van der Waals surface area contributed by atoms with E-state index in [1.54, 1.807) is 0 Å². The molecule has 0 aromatic rings. The van der Waals surface area contributed by atoms with Crippen molar-refractivity contribution in [1.82, 2.24) is 5.32 Å². The van der Waals surface area contributed by atoms with Crippen LogP contribution in [-0.2, 0) is 0 Å². The molecular weight excluding hydrogens is 170 g/mol. The van der Waals surface area contributed by atoms with Gasteiger partial charge in [0.25, 0.3) is 0 Å². The van der Waals surface area contributed by atoms with Gasteiger partial charge in [0, 0.05) is 6.04 Å². The second-order valence-corrected chi connectivity index (χ2v) is 4.76. The Kier molecular flexibility index (Phi) is 5.54. The lowest BCUT2D eigenvalue weighted by molar-refractivity contribution is 0.215. The van der Waals surface area contributed by atoms with Crippen molar-refractivity contribution < 1.29 is 0 Å². The fraction of sp³-hybridized carbons (Fsp3) is 1.00. The molecule has 0 heterocycles. The van der Waals surface area contributed by atoms with Crippen LogP contribution in [0.2, 0.25) is 0 Å². The first-order valence-electron chi connectivity index (χ1n) is 6.55. The Balaban J connectivity index is 2.31. The fourth-order valence-electron chi connectivity index (χ4n) is 2.91. The molecule has 0 spiro atoms. The molecule has 1 nitrogen and oxygen atoms in total. The number of hydrogen-bond acceptors (Lipinski definition) is 1. The summed E-state index contributed by atoms with van der Waals surface area (Å²) in [5.74, 6) is 1.99. The zero-order valence-corrected chi connectivity index (χ0v) is 10.2. The van der Waals surface area contributed by atoms with Gasteiger partial charge in [0.1, 0.15) is 0 Å². The third kappa shape index (κ3) is 3.27. The first kappa shape index (κ1) is 12.0. The van der Waals surface area contributed by atoms with Gasteiger partial charge >= 0.3 is 0 Å². The van der Waals surface area contributed by atoms with Crippen molar-refractivity contribution in [3.63, 3.8) is 0 Å². The van der Waals surface area contributed by atoms with Crippen LogP contribution in [0.25, 0.3) is 0 Å². The minimum absolute atomic E-state index is 0.790. The maximum atomic E-state index is 3.63. The van der Waals surface area contributed by atoms with E-state index in [1.165, 1.54) is 38.5 Å². The summed E-state index contributed by atoms with van der Waals surface area (Å²) in [5.41, 5.74) is 0. The predicted molar refractivity (Wildman–Crippen MR) is 63.5 cm³/mol. The van der Waals surface area contributed by atoms with Gasteiger partial charge in [0.15, 0.2) is 0 Å². The summed E-state index contributed by atoms with van der Waals surface area (Å²) >= 11 is 0. The van der Waals surface area contributed by atoms with E-state index in [1.807, 2.05) is 0 Å². The monoisotopic (exact) mass is 197 g/mol. The van der Waals surface area contributed by atoms with Gasteiger partial charge in [-0.25, -0.2) is 0 Å². The van der Waals surface area contributed by atoms with E-state index in [9.17, 15) is 0 Å². The highest BCUT2D eigenvalue weighted by Gasteiger charge is 2.25. The average Bonchev–Trinajstić information content (AvgIpc) is 2.26. The number of nitrogens with one attached hydrogen (secondary N) is 1. The molecule has 1 aliphatic rings. The Morgan fingerprint density at radius 1 is 1.07 bits per heavy atom. The Morgan fingerprint density at radius 3 is 2.14 bits per heavy atom. The summed E-state index contributed by atoms with van der Waals surface area (Å²) in [6.07, 6.45) is 8.57. The molecule has 0 aromatic carbocycles. The molecule has 1 aliphatic carbocycles. The van der Waals surface area contributed by atoms with Crippen molar-refractivity contribution in [1.29, 1.82) is 0 Å². The molecule has 1 atom stereocenters. The van der Waals surface area contributed by atoms with Crippen molar-refractivity contribution in [3.05, 3.63) is 0 Å². The van der Waals surface area contributed by atoms with Crippen molar-refractivity contribution in [3.8, 4) is 0 Å². The quantitative estimate of drug-likeness (QED) is 0.710. The molecule has 1 saturated carbocycles. The van der Waals surface area contributed by atoms with Crippen LogP contribution in [-0.4, -0.2) is 12.6 Å². The van der Waals surface area contributed by atoms with E-state index in [4.69, 9.17) is 0 Å². The van der Waals surface area contributed by atoms with Gasteiger partial charge in [0.2, 0.25) is 0 Å². The van der Waals surface area contributed by atoms with E-state index in [-0.39, 0.29) is 0 Å². The first-order chi connectivity index (χ1) is 6.81. The largest absolute Gasteiger partial charge is 0.314 e. The second kappa shape index (κ2) is 6.44. The highest BCUT2D eigenvalue weighted by Crippen LogP contribution is 2.33. The summed E-state index contributed by atoms with van der Waals surface area (Å²) in [6.45, 7) is 8.01. The van der Waals surface area contributed by atoms with Gasteiger partial charge in [-0.05, 0) is 37.6 Å². The smallest absolute Gasteiger partial charge is 0.00925 e. The van der Waals surface area contributed by atoms with Gasteiger partial charge in [-0.15, -0.1) is 0 Å². The van der Waals surface area contributed by atoms with Crippen molar-refractivity contribution >= 4 is 0 Å². The minimum Gasteiger partial charge on any atom is -0.314 e. The van der Waals surface area contributed by atoms with Gasteiger partial charge < -0.3 is 5.32 Å². The number of hydrogen-bond donors (Lipinski definition) is 1. The van der Waals surface area contributed by atoms with Crippen molar-refractivity contribution in [2.24, 2.45) is 11.8 Å². The molecule has 0 amide bonds. The molecule has 0 saturated heterocycles. The zero-order valence-electron chi connectivity index (χ0n) is 10.2. The summed E-state index contributed by atoms with van der Waals surface area (Å²) in [4.78, 5) is 0. The Labute approximate surface area is 89.7 Å². The molecule has 0 aromatic heterocycles. The molecule has 1 unspecified atom stereocenters. The molecule has 1 N–H and O–H groups in total. The summed E-state index contributed by atoms with van der Waals surface area (Å²) in [6, 6.07) is 0.790. The third-order valence-electron chi connectivity index (χ3n) is 3.94. The highest BCUT2D eigenvalue weighted by molar-refractivity contribution is 4.80. The van der Waals surface area contributed by atoms with E-state index >= 15 is 0 Å². The molecule has 1 heteroatoms. The lowest BCUT2D eigenvalue weighted by atomic mass is 9.77. The topological polar surface area (TPSA) is 12.0 Å². The summed E-state index contributed by atoms with van der Waals surface area (Å²) < 4.78 is 0. The molecule has 0 aliphatic heterocycles. The normalized spacial score (nSPS) is 30.2. The maximum Gasteiger partial charge on any atom is 0.00925 e. The van der Waals surface area contributed by atoms with E-state index in [0.29, 0.717) is 0 Å². The van der Waals surface area contributed by atoms with Crippen molar-refractivity contribution in [2.75, 3.05) is 6.54 Å². The van der Waals surface area contributed by atoms with Gasteiger partial charge in [-0.1, -0.05) is 40.0 Å². The van der Waals surface area contributed by atoms with Gasteiger partial charge in [0.05, 0.1) is 0 Å². The van der Waals surface area contributed by atoms with Crippen LogP contribution in [0.5, 0.6) is 0 Å². The van der Waals surface area contributed by atoms with E-state index < -0.39 is 0 Å². The standard InChI is InChI=1S/C13H27N/c1-4-11-7-9-12(10-8-11)13(5-2)14-6-3/h11-14H,4-10H2,1-3H3. The Morgan fingerprint density at radius 2 is 1.71 bits per heavy atom. The summed E-state index contributed by atoms with van der Waals surface area (Å²) in [5, 5.41) is 3.63. The lowest BCUT2D eigenvalue weighted by Crippen LogP contribution is -2.37. The van der Waals surface area contributed by atoms with Crippen LogP contribution in [0.15, 0.2) is 0 Å². The van der Waals surface area contributed by atoms with Gasteiger partial charge in [-0.3, -0.25) is 0 Å². The van der Waals surface area contributed by atoms with Crippen LogP contribution in [0.3, 0.4) is 0 Å². The molecular formula is C13H27N. The highest BCUT2D eigenvalue weighted by atomic mass is 14.9. The van der Waals surface area contributed by atoms with Gasteiger partial charge in [-0.2, -0.15) is 0 Å². The maximum absolute atomic E-state index is 3.63. The van der Waals surface area contributed by atoms with Crippen LogP contribution in [0.1, 0.15) is 59.3 Å². The third-order valence-corrected chi connectivity index (χ3v) is 3.94. The molecule has 1 rings (SSSR count). The Hall–Kier alpha value is -0.0400. The Bertz CT molecular complexity index is 136. The molecule has 0 radical (unpaired) electrons. The van der Waals surface area contributed by atoms with Crippen LogP contribution >= 0.6 is 0 Å². The molecule has 84 valence electrons. The van der Waals surface area contributed by atoms with Crippen molar-refractivity contribution in [2.45, 2.75) is 65.3 Å². The molecule has 14 heavy (non-hydrogen) atoms. The first-order valence-corrected chi connectivity index (χ1v) is 6.55. The second-order valence-electron chi connectivity index (χ2n) is 4.76. The summed E-state index contributed by atoms with van der Waals surface area (Å²) in [7, 11) is 0. The number of rotatable bonds is 5. The van der Waals surface area contributed by atoms with E-state index in [2.05, 4.69) is 26.1 Å². The zero-order chi connectivity index (χ0) is 10.4. The predicted octanol–water partition coefficient (Wildman–Crippen LogP) is 3.59. The molecule has 0 bridgehead atoms. The average molecular weight is 197 g/mol.